The zero-order valence-corrected chi connectivity index (χ0v) is 12.7. The highest BCUT2D eigenvalue weighted by atomic mass is 32.1. The Morgan fingerprint density at radius 2 is 1.76 bits per heavy atom. The average Bonchev–Trinajstić information content (AvgIpc) is 2.40. The maximum atomic E-state index is 9.98. The van der Waals surface area contributed by atoms with Crippen LogP contribution in [0.2, 0.25) is 0 Å². The first-order valence-corrected chi connectivity index (χ1v) is 6.33. The molecule has 0 aromatic heterocycles. The highest BCUT2D eigenvalue weighted by Crippen LogP contribution is 2.29. The summed E-state index contributed by atoms with van der Waals surface area (Å²) in [7, 11) is 1.43. The molecule has 0 radical (unpaired) electrons. The maximum Gasteiger partial charge on any atom is 0.184 e. The highest BCUT2D eigenvalue weighted by molar-refractivity contribution is 7.80. The maximum absolute atomic E-state index is 9.98. The van der Waals surface area contributed by atoms with Crippen molar-refractivity contribution in [1.82, 2.24) is 10.9 Å². The lowest BCUT2D eigenvalue weighted by atomic mass is 10.1. The second kappa shape index (κ2) is 7.97. The third-order valence-corrected chi connectivity index (χ3v) is 2.30. The molecule has 1 aromatic rings. The third kappa shape index (κ3) is 5.58. The predicted octanol–water partition coefficient (Wildman–Crippen LogP) is -0.265. The van der Waals surface area contributed by atoms with E-state index >= 15 is 0 Å². The summed E-state index contributed by atoms with van der Waals surface area (Å²) in [5.74, 6) is 0.177. The Hall–Kier alpha value is -2.46. The van der Waals surface area contributed by atoms with Gasteiger partial charge in [0.05, 0.1) is 19.5 Å². The van der Waals surface area contributed by atoms with Crippen LogP contribution >= 0.6 is 24.4 Å². The Morgan fingerprint density at radius 3 is 2.29 bits per heavy atom. The predicted molar refractivity (Wildman–Crippen MR) is 89.7 cm³/mol. The van der Waals surface area contributed by atoms with Gasteiger partial charge in [0.25, 0.3) is 0 Å². The molecule has 10 heteroatoms. The van der Waals surface area contributed by atoms with Gasteiger partial charge in [-0.25, -0.2) is 0 Å². The van der Waals surface area contributed by atoms with E-state index in [0.29, 0.717) is 11.1 Å². The molecule has 0 atom stereocenters. The summed E-state index contributed by atoms with van der Waals surface area (Å²) in [5, 5.41) is 17.6. The van der Waals surface area contributed by atoms with E-state index in [0.717, 1.165) is 0 Å². The van der Waals surface area contributed by atoms with Crippen molar-refractivity contribution in [2.45, 2.75) is 0 Å². The average molecular weight is 326 g/mol. The molecule has 0 heterocycles. The molecule has 1 aromatic carbocycles. The Bertz CT molecular complexity index is 603. The SMILES string of the molecule is COc1cc(/C=N/NC(N)=S)cc(/C=N\NC(N)=S)c1O. The molecule has 0 amide bonds. The van der Waals surface area contributed by atoms with Gasteiger partial charge in [-0.05, 0) is 42.1 Å². The van der Waals surface area contributed by atoms with Gasteiger partial charge in [0.2, 0.25) is 0 Å². The van der Waals surface area contributed by atoms with Crippen LogP contribution in [0.25, 0.3) is 0 Å². The highest BCUT2D eigenvalue weighted by Gasteiger charge is 2.08. The summed E-state index contributed by atoms with van der Waals surface area (Å²) < 4.78 is 5.07. The largest absolute Gasteiger partial charge is 0.504 e. The van der Waals surface area contributed by atoms with Crippen LogP contribution in [0, 0.1) is 0 Å². The number of phenols is 1. The molecule has 0 spiro atoms. The van der Waals surface area contributed by atoms with Gasteiger partial charge >= 0.3 is 0 Å². The topological polar surface area (TPSA) is 130 Å². The number of hydrogen-bond acceptors (Lipinski definition) is 6. The lowest BCUT2D eigenvalue weighted by Crippen LogP contribution is -2.24. The molecule has 21 heavy (non-hydrogen) atoms. The van der Waals surface area contributed by atoms with Crippen LogP contribution in [0.3, 0.4) is 0 Å². The van der Waals surface area contributed by atoms with E-state index < -0.39 is 0 Å². The van der Waals surface area contributed by atoms with Gasteiger partial charge in [-0.1, -0.05) is 0 Å². The second-order valence-electron chi connectivity index (χ2n) is 3.63. The van der Waals surface area contributed by atoms with Gasteiger partial charge < -0.3 is 21.3 Å². The Morgan fingerprint density at radius 1 is 1.19 bits per heavy atom. The minimum atomic E-state index is -0.0783. The van der Waals surface area contributed by atoms with Crippen molar-refractivity contribution in [2.75, 3.05) is 7.11 Å². The Balaban J connectivity index is 3.06. The first-order valence-electron chi connectivity index (χ1n) is 5.52. The zero-order valence-electron chi connectivity index (χ0n) is 11.0. The van der Waals surface area contributed by atoms with Gasteiger partial charge in [-0.2, -0.15) is 10.2 Å². The van der Waals surface area contributed by atoms with Gasteiger partial charge in [-0.15, -0.1) is 0 Å². The number of nitrogens with one attached hydrogen (secondary N) is 2. The fraction of sp³-hybridized carbons (Fsp3) is 0.0909. The van der Waals surface area contributed by atoms with Crippen LogP contribution in [0.15, 0.2) is 22.3 Å². The van der Waals surface area contributed by atoms with Crippen LogP contribution in [-0.2, 0) is 0 Å². The molecule has 0 saturated heterocycles. The number of ether oxygens (including phenoxy) is 1. The summed E-state index contributed by atoms with van der Waals surface area (Å²) in [5.41, 5.74) is 16.3. The number of nitrogens with zero attached hydrogens (tertiary/aromatic N) is 2. The van der Waals surface area contributed by atoms with Gasteiger partial charge in [-0.3, -0.25) is 10.9 Å². The minimum absolute atomic E-state index is 0.0103. The lowest BCUT2D eigenvalue weighted by molar-refractivity contribution is 0.373. The van der Waals surface area contributed by atoms with E-state index in [1.54, 1.807) is 12.1 Å². The fourth-order valence-electron chi connectivity index (χ4n) is 1.32. The molecule has 8 nitrogen and oxygen atoms in total. The Labute approximate surface area is 131 Å². The van der Waals surface area contributed by atoms with Crippen molar-refractivity contribution >= 4 is 47.1 Å². The number of benzene rings is 1. The summed E-state index contributed by atoms with van der Waals surface area (Å²) in [6.45, 7) is 0. The molecule has 0 aliphatic heterocycles. The van der Waals surface area contributed by atoms with Crippen molar-refractivity contribution in [1.29, 1.82) is 0 Å². The first-order chi connectivity index (χ1) is 9.93. The van der Waals surface area contributed by atoms with Crippen molar-refractivity contribution in [3.63, 3.8) is 0 Å². The van der Waals surface area contributed by atoms with E-state index in [4.69, 9.17) is 16.2 Å². The number of nitrogens with two attached hydrogens (primary N) is 2. The van der Waals surface area contributed by atoms with Crippen molar-refractivity contribution < 1.29 is 9.84 Å². The van der Waals surface area contributed by atoms with Gasteiger partial charge in [0.1, 0.15) is 0 Å². The quantitative estimate of drug-likeness (QED) is 0.284. The molecular weight excluding hydrogens is 312 g/mol. The van der Waals surface area contributed by atoms with Crippen LogP contribution in [0.1, 0.15) is 11.1 Å². The number of aromatic hydroxyl groups is 1. The summed E-state index contributed by atoms with van der Waals surface area (Å²) in [6, 6.07) is 3.20. The van der Waals surface area contributed by atoms with E-state index in [2.05, 4.69) is 45.5 Å². The third-order valence-electron chi connectivity index (χ3n) is 2.11. The van der Waals surface area contributed by atoms with E-state index in [1.807, 2.05) is 0 Å². The van der Waals surface area contributed by atoms with Crippen LogP contribution < -0.4 is 27.1 Å². The Kier molecular flexibility index (Phi) is 6.30. The monoisotopic (exact) mass is 326 g/mol. The minimum Gasteiger partial charge on any atom is -0.504 e. The van der Waals surface area contributed by atoms with Gasteiger partial charge in [0, 0.05) is 5.56 Å². The van der Waals surface area contributed by atoms with E-state index in [-0.39, 0.29) is 21.7 Å². The second-order valence-corrected chi connectivity index (χ2v) is 4.51. The molecule has 0 aliphatic carbocycles. The molecule has 0 aliphatic rings. The molecule has 112 valence electrons. The standard InChI is InChI=1S/C11H14N6O2S2/c1-19-8-3-6(4-14-16-10(12)20)2-7(9(8)18)5-15-17-11(13)21/h2-5,18H,1H3,(H3,12,16,20)(H3,13,17,21)/b14-4+,15-5-. The summed E-state index contributed by atoms with van der Waals surface area (Å²) >= 11 is 9.23. The smallest absolute Gasteiger partial charge is 0.184 e. The lowest BCUT2D eigenvalue weighted by Gasteiger charge is -2.07. The molecule has 0 unspecified atom stereocenters. The normalized spacial score (nSPS) is 10.7. The molecule has 0 bridgehead atoms. The molecule has 1 rings (SSSR count). The van der Waals surface area contributed by atoms with Crippen molar-refractivity contribution in [3.05, 3.63) is 23.3 Å². The molecular formula is C11H14N6O2S2. The summed E-state index contributed by atoms with van der Waals surface area (Å²) in [6.07, 6.45) is 2.80. The van der Waals surface area contributed by atoms with Crippen LogP contribution in [0.4, 0.5) is 0 Å². The summed E-state index contributed by atoms with van der Waals surface area (Å²) in [4.78, 5) is 0. The molecule has 0 saturated carbocycles. The fourth-order valence-corrected chi connectivity index (χ4v) is 1.42. The van der Waals surface area contributed by atoms with Crippen LogP contribution in [-0.4, -0.2) is 34.9 Å². The molecule has 0 fully saturated rings. The number of rotatable bonds is 5. The number of hydrogen-bond donors (Lipinski definition) is 5. The first kappa shape index (κ1) is 16.6. The molecule has 7 N–H and O–H groups in total. The number of methoxy groups -OCH3 is 1. The van der Waals surface area contributed by atoms with E-state index in [9.17, 15) is 5.11 Å². The van der Waals surface area contributed by atoms with Gasteiger partial charge in [0.15, 0.2) is 21.7 Å². The number of hydrazone groups is 2. The van der Waals surface area contributed by atoms with Crippen LogP contribution in [0.5, 0.6) is 11.5 Å². The van der Waals surface area contributed by atoms with E-state index in [1.165, 1.54) is 19.5 Å². The van der Waals surface area contributed by atoms with Crippen molar-refractivity contribution in [2.24, 2.45) is 21.7 Å². The number of phenolic OH excluding ortho intramolecular Hbond substituents is 1. The zero-order chi connectivity index (χ0) is 15.8. The number of thiocarbonyl (C=S) groups is 2. The van der Waals surface area contributed by atoms with Crippen molar-refractivity contribution in [3.8, 4) is 11.5 Å².